The van der Waals surface area contributed by atoms with E-state index < -0.39 is 51.9 Å². The third-order valence-electron chi connectivity index (χ3n) is 7.65. The van der Waals surface area contributed by atoms with Gasteiger partial charge in [0.05, 0.1) is 0 Å². The van der Waals surface area contributed by atoms with Crippen molar-refractivity contribution in [2.75, 3.05) is 0 Å². The fourth-order valence-corrected chi connectivity index (χ4v) is 4.47. The molecule has 0 N–H and O–H groups in total. The molecule has 0 aliphatic heterocycles. The Labute approximate surface area is 238 Å². The minimum absolute atomic E-state index is 0.0391. The Hall–Kier alpha value is -3.68. The van der Waals surface area contributed by atoms with E-state index in [9.17, 15) is 27.2 Å². The van der Waals surface area contributed by atoms with Crippen LogP contribution in [0.2, 0.25) is 0 Å². The predicted octanol–water partition coefficient (Wildman–Crippen LogP) is 8.70. The summed E-state index contributed by atoms with van der Waals surface area (Å²) in [6.07, 6.45) is 1.88. The van der Waals surface area contributed by atoms with Crippen LogP contribution < -0.4 is 4.74 Å². The highest BCUT2D eigenvalue weighted by molar-refractivity contribution is 5.95. The molecule has 0 aliphatic rings. The normalized spacial score (nSPS) is 11.9. The molecule has 0 heterocycles. The molecule has 0 aliphatic carbocycles. The van der Waals surface area contributed by atoms with Crippen LogP contribution in [0.5, 0.6) is 5.75 Å². The number of hydrogen-bond donors (Lipinski definition) is 0. The first-order valence-corrected chi connectivity index (χ1v) is 13.5. The molecule has 41 heavy (non-hydrogen) atoms. The van der Waals surface area contributed by atoms with Crippen LogP contribution in [0.15, 0.2) is 36.4 Å². The zero-order valence-corrected chi connectivity index (χ0v) is 24.7. The maximum absolute atomic E-state index is 14.8. The average Bonchev–Trinajstić information content (AvgIpc) is 2.89. The minimum atomic E-state index is -2.05. The Morgan fingerprint density at radius 1 is 0.707 bits per heavy atom. The van der Waals surface area contributed by atoms with Gasteiger partial charge in [0.15, 0.2) is 23.3 Å². The number of hydrogen-bond acceptors (Lipinski definition) is 4. The maximum atomic E-state index is 14.8. The first-order valence-electron chi connectivity index (χ1n) is 13.5. The van der Waals surface area contributed by atoms with Gasteiger partial charge in [-0.2, -0.15) is 0 Å². The fourth-order valence-electron chi connectivity index (χ4n) is 4.47. The number of rotatable bonds is 9. The van der Waals surface area contributed by atoms with Crippen LogP contribution in [0.3, 0.4) is 0 Å². The minimum Gasteiger partial charge on any atom is -0.456 e. The highest BCUT2D eigenvalue weighted by atomic mass is 19.2. The Morgan fingerprint density at radius 2 is 1.20 bits per heavy atom. The van der Waals surface area contributed by atoms with Gasteiger partial charge in [-0.25, -0.2) is 27.2 Å². The molecule has 3 rings (SSSR count). The van der Waals surface area contributed by atoms with E-state index in [2.05, 4.69) is 45.9 Å². The Balaban J connectivity index is 1.84. The van der Waals surface area contributed by atoms with Crippen molar-refractivity contribution in [1.29, 1.82) is 0 Å². The molecular weight excluding hydrogens is 536 g/mol. The van der Waals surface area contributed by atoms with Gasteiger partial charge >= 0.3 is 11.9 Å². The van der Waals surface area contributed by atoms with E-state index in [1.54, 1.807) is 26.0 Å². The number of benzene rings is 3. The lowest BCUT2D eigenvalue weighted by molar-refractivity contribution is -0.00368. The lowest BCUT2D eigenvalue weighted by atomic mass is 9.79. The lowest BCUT2D eigenvalue weighted by Gasteiger charge is -2.26. The lowest BCUT2D eigenvalue weighted by Crippen LogP contribution is -2.29. The topological polar surface area (TPSA) is 52.6 Å². The molecular formula is C33H36F4O4. The van der Waals surface area contributed by atoms with Crippen LogP contribution in [-0.2, 0) is 16.6 Å². The van der Waals surface area contributed by atoms with E-state index in [4.69, 9.17) is 9.47 Å². The first kappa shape index (κ1) is 31.8. The molecule has 0 radical (unpaired) electrons. The van der Waals surface area contributed by atoms with Crippen LogP contribution >= 0.6 is 0 Å². The molecule has 0 spiro atoms. The van der Waals surface area contributed by atoms with Crippen LogP contribution in [0.1, 0.15) is 103 Å². The third kappa shape index (κ3) is 6.80. The molecule has 0 saturated heterocycles. The summed E-state index contributed by atoms with van der Waals surface area (Å²) in [6, 6.07) is 11.2. The molecule has 3 aromatic carbocycles. The van der Waals surface area contributed by atoms with Crippen molar-refractivity contribution in [2.45, 2.75) is 85.7 Å². The summed E-state index contributed by atoms with van der Waals surface area (Å²) in [5.41, 5.74) is 0.706. The second-order valence-electron chi connectivity index (χ2n) is 11.6. The third-order valence-corrected chi connectivity index (χ3v) is 7.65. The van der Waals surface area contributed by atoms with Crippen molar-refractivity contribution in [1.82, 2.24) is 0 Å². The molecule has 8 heteroatoms. The van der Waals surface area contributed by atoms with Gasteiger partial charge in [-0.15, -0.1) is 0 Å². The highest BCUT2D eigenvalue weighted by Gasteiger charge is 2.36. The summed E-state index contributed by atoms with van der Waals surface area (Å²) >= 11 is 0. The van der Waals surface area contributed by atoms with E-state index in [0.29, 0.717) is 12.0 Å². The van der Waals surface area contributed by atoms with Crippen molar-refractivity contribution >= 4 is 11.9 Å². The molecule has 220 valence electrons. The van der Waals surface area contributed by atoms with E-state index in [1.165, 1.54) is 31.0 Å². The molecule has 0 unspecified atom stereocenters. The first-order chi connectivity index (χ1) is 19.0. The summed E-state index contributed by atoms with van der Waals surface area (Å²) < 4.78 is 69.1. The van der Waals surface area contributed by atoms with Crippen molar-refractivity contribution in [2.24, 2.45) is 0 Å². The second kappa shape index (κ2) is 12.0. The van der Waals surface area contributed by atoms with Gasteiger partial charge in [-0.05, 0) is 86.3 Å². The SMILES string of the molecule is CCC(C)(C)OC(=O)c1c(F)c(F)c(C(=O)Oc2ccc(Cc3ccc(C(C)(C)CC)c(C)c3)cc2C)c(F)c1F. The molecule has 0 atom stereocenters. The maximum Gasteiger partial charge on any atom is 0.349 e. The van der Waals surface area contributed by atoms with Gasteiger partial charge in [0.25, 0.3) is 0 Å². The van der Waals surface area contributed by atoms with Gasteiger partial charge in [0, 0.05) is 0 Å². The zero-order valence-electron chi connectivity index (χ0n) is 24.7. The number of aryl methyl sites for hydroxylation is 2. The standard InChI is InChI=1S/C33H36F4O4/c1-9-32(5,6)22-13-11-20(15-18(22)3)17-21-12-14-23(19(4)16-21)40-30(38)24-26(34)28(36)25(29(37)27(24)35)31(39)41-33(7,8)10-2/h11-16H,9-10,17H2,1-8H3. The summed E-state index contributed by atoms with van der Waals surface area (Å²) in [5.74, 6) is -11.4. The largest absolute Gasteiger partial charge is 0.456 e. The van der Waals surface area contributed by atoms with E-state index in [1.807, 2.05) is 0 Å². The molecule has 0 aromatic heterocycles. The number of esters is 2. The summed E-state index contributed by atoms with van der Waals surface area (Å²) in [6.45, 7) is 14.9. The predicted molar refractivity (Wildman–Crippen MR) is 149 cm³/mol. The van der Waals surface area contributed by atoms with Gasteiger partial charge < -0.3 is 9.47 Å². The van der Waals surface area contributed by atoms with Crippen molar-refractivity contribution in [3.63, 3.8) is 0 Å². The van der Waals surface area contributed by atoms with Gasteiger partial charge in [0.2, 0.25) is 0 Å². The molecule has 3 aromatic rings. The monoisotopic (exact) mass is 572 g/mol. The summed E-state index contributed by atoms with van der Waals surface area (Å²) in [4.78, 5) is 25.0. The zero-order chi connectivity index (χ0) is 30.9. The smallest absolute Gasteiger partial charge is 0.349 e. The van der Waals surface area contributed by atoms with Crippen LogP contribution in [-0.4, -0.2) is 17.5 Å². The molecule has 0 bridgehead atoms. The highest BCUT2D eigenvalue weighted by Crippen LogP contribution is 2.32. The molecule has 0 amide bonds. The van der Waals surface area contributed by atoms with Crippen molar-refractivity contribution in [3.05, 3.63) is 98.6 Å². The van der Waals surface area contributed by atoms with E-state index >= 15 is 0 Å². The van der Waals surface area contributed by atoms with Crippen molar-refractivity contribution < 1.29 is 36.6 Å². The number of carbonyl (C=O) groups is 2. The Morgan fingerprint density at radius 3 is 1.66 bits per heavy atom. The molecule has 4 nitrogen and oxygen atoms in total. The van der Waals surface area contributed by atoms with Gasteiger partial charge in [-0.1, -0.05) is 58.0 Å². The van der Waals surface area contributed by atoms with E-state index in [0.717, 1.165) is 17.5 Å². The van der Waals surface area contributed by atoms with Crippen LogP contribution in [0.25, 0.3) is 0 Å². The number of halogens is 4. The second-order valence-corrected chi connectivity index (χ2v) is 11.6. The van der Waals surface area contributed by atoms with Gasteiger partial charge in [0.1, 0.15) is 22.5 Å². The molecule has 0 saturated carbocycles. The fraction of sp³-hybridized carbons (Fsp3) is 0.394. The van der Waals surface area contributed by atoms with Crippen LogP contribution in [0, 0.1) is 37.1 Å². The van der Waals surface area contributed by atoms with Crippen molar-refractivity contribution in [3.8, 4) is 5.75 Å². The Kier molecular flexibility index (Phi) is 9.36. The number of carbonyl (C=O) groups excluding carboxylic acids is 2. The molecule has 0 fully saturated rings. The summed E-state index contributed by atoms with van der Waals surface area (Å²) in [7, 11) is 0. The average molecular weight is 573 g/mol. The summed E-state index contributed by atoms with van der Waals surface area (Å²) in [5, 5.41) is 0. The van der Waals surface area contributed by atoms with Crippen LogP contribution in [0.4, 0.5) is 17.6 Å². The van der Waals surface area contributed by atoms with E-state index in [-0.39, 0.29) is 17.6 Å². The quantitative estimate of drug-likeness (QED) is 0.111. The Bertz CT molecular complexity index is 1460. The van der Waals surface area contributed by atoms with Gasteiger partial charge in [-0.3, -0.25) is 0 Å². The number of ether oxygens (including phenoxy) is 2.